The maximum atomic E-state index is 11.4. The molecule has 0 aliphatic carbocycles. The highest BCUT2D eigenvalue weighted by molar-refractivity contribution is 7.85. The fraction of sp³-hybridized carbons (Fsp3) is 0.727. The van der Waals surface area contributed by atoms with E-state index < -0.39 is 27.9 Å². The third kappa shape index (κ3) is 9.60. The molecule has 0 bridgehead atoms. The van der Waals surface area contributed by atoms with E-state index in [0.29, 0.717) is 11.0 Å². The number of carbonyl (C=O) groups excluding carboxylic acids is 1. The summed E-state index contributed by atoms with van der Waals surface area (Å²) in [4.78, 5) is 11.4. The van der Waals surface area contributed by atoms with Gasteiger partial charge in [0, 0.05) is 5.57 Å². The Morgan fingerprint density at radius 2 is 1.89 bits per heavy atom. The van der Waals surface area contributed by atoms with Crippen molar-refractivity contribution in [1.82, 2.24) is 0 Å². The summed E-state index contributed by atoms with van der Waals surface area (Å²) in [6, 6.07) is 0. The Morgan fingerprint density at radius 3 is 2.21 bits per heavy atom. The maximum absolute atomic E-state index is 11.4. The van der Waals surface area contributed by atoms with E-state index in [-0.39, 0.29) is 11.0 Å². The Kier molecular flexibility index (Phi) is 8.13. The second kappa shape index (κ2) is 7.59. The minimum Gasteiger partial charge on any atom is -0.870 e. The maximum Gasteiger partial charge on any atom is 0.333 e. The second-order valence-corrected chi connectivity index (χ2v) is 6.49. The highest BCUT2D eigenvalue weighted by Gasteiger charge is 2.28. The molecule has 0 fully saturated rings. The van der Waals surface area contributed by atoms with Crippen LogP contribution in [0.2, 0.25) is 0 Å². The van der Waals surface area contributed by atoms with Crippen molar-refractivity contribution in [2.45, 2.75) is 20.0 Å². The molecule has 0 spiro atoms. The Labute approximate surface area is 114 Å². The van der Waals surface area contributed by atoms with E-state index in [4.69, 9.17) is 9.29 Å². The van der Waals surface area contributed by atoms with Crippen molar-refractivity contribution in [2.75, 3.05) is 32.9 Å². The van der Waals surface area contributed by atoms with Gasteiger partial charge in [0.05, 0.1) is 20.6 Å². The lowest BCUT2D eigenvalue weighted by Gasteiger charge is -2.31. The monoisotopic (exact) mass is 297 g/mol. The summed E-state index contributed by atoms with van der Waals surface area (Å²) in [7, 11) is -0.431. The Morgan fingerprint density at radius 1 is 1.42 bits per heavy atom. The van der Waals surface area contributed by atoms with Crippen LogP contribution in [0.5, 0.6) is 0 Å². The summed E-state index contributed by atoms with van der Waals surface area (Å²) < 4.78 is 36.2. The minimum atomic E-state index is -4.19. The normalized spacial score (nSPS) is 13.3. The third-order valence-corrected chi connectivity index (χ3v) is 3.37. The topological polar surface area (TPSA) is 111 Å². The highest BCUT2D eigenvalue weighted by atomic mass is 32.2. The van der Waals surface area contributed by atoms with Gasteiger partial charge in [-0.25, -0.2) is 4.79 Å². The molecule has 7 nitrogen and oxygen atoms in total. The molecular formula is C11H23NO6S. The van der Waals surface area contributed by atoms with Gasteiger partial charge < -0.3 is 14.7 Å². The summed E-state index contributed by atoms with van der Waals surface area (Å²) in [6.07, 6.45) is -0.890. The van der Waals surface area contributed by atoms with Crippen molar-refractivity contribution in [2.24, 2.45) is 0 Å². The number of hydrogen-bond donors (Lipinski definition) is 1. The third-order valence-electron chi connectivity index (χ3n) is 2.57. The van der Waals surface area contributed by atoms with Gasteiger partial charge in [-0.15, -0.1) is 0 Å². The first kappa shape index (κ1) is 20.4. The van der Waals surface area contributed by atoms with Crippen LogP contribution in [0.25, 0.3) is 0 Å². The molecule has 0 saturated carbocycles. The van der Waals surface area contributed by atoms with Crippen molar-refractivity contribution in [3.05, 3.63) is 12.2 Å². The Balaban J connectivity index is 0. The summed E-state index contributed by atoms with van der Waals surface area (Å²) in [6.45, 7) is 7.89. The lowest BCUT2D eigenvalue weighted by Crippen LogP contribution is -2.48. The van der Waals surface area contributed by atoms with Crippen molar-refractivity contribution in [3.8, 4) is 0 Å². The van der Waals surface area contributed by atoms with Gasteiger partial charge in [-0.1, -0.05) is 6.58 Å². The first-order valence-corrected chi connectivity index (χ1v) is 7.21. The number of ether oxygens (including phenoxy) is 1. The van der Waals surface area contributed by atoms with Crippen molar-refractivity contribution < 1.29 is 32.5 Å². The fourth-order valence-corrected chi connectivity index (χ4v) is 1.93. The van der Waals surface area contributed by atoms with E-state index in [9.17, 15) is 13.2 Å². The summed E-state index contributed by atoms with van der Waals surface area (Å²) in [5.74, 6) is -1.26. The molecule has 114 valence electrons. The molecule has 0 aromatic carbocycles. The average molecular weight is 297 g/mol. The van der Waals surface area contributed by atoms with E-state index in [1.807, 2.05) is 21.0 Å². The van der Waals surface area contributed by atoms with Crippen LogP contribution in [0.15, 0.2) is 12.2 Å². The zero-order valence-electron chi connectivity index (χ0n) is 11.8. The van der Waals surface area contributed by atoms with E-state index in [0.717, 1.165) is 6.54 Å². The molecule has 0 aliphatic heterocycles. The summed E-state index contributed by atoms with van der Waals surface area (Å²) in [5.41, 5.74) is 0.192. The van der Waals surface area contributed by atoms with Gasteiger partial charge in [0.25, 0.3) is 10.1 Å². The molecule has 8 heteroatoms. The molecule has 0 aromatic heterocycles. The molecular weight excluding hydrogens is 274 g/mol. The SMILES string of the molecule is C=C(C)C(=O)OC(C[N+](C)(C)CC)CS(=O)(=O)O.[OH-]. The van der Waals surface area contributed by atoms with Crippen LogP contribution in [0, 0.1) is 0 Å². The number of esters is 1. The molecule has 0 rings (SSSR count). The first-order valence-electron chi connectivity index (χ1n) is 5.60. The number of rotatable bonds is 7. The predicted octanol–water partition coefficient (Wildman–Crippen LogP) is 0.282. The molecule has 1 unspecified atom stereocenters. The second-order valence-electron chi connectivity index (χ2n) is 4.99. The van der Waals surface area contributed by atoms with Gasteiger partial charge >= 0.3 is 5.97 Å². The molecule has 0 amide bonds. The molecule has 0 aromatic rings. The van der Waals surface area contributed by atoms with Crippen LogP contribution in [-0.4, -0.2) is 67.9 Å². The molecule has 0 aliphatic rings. The van der Waals surface area contributed by atoms with Crippen LogP contribution < -0.4 is 0 Å². The van der Waals surface area contributed by atoms with Gasteiger partial charge in [0.2, 0.25) is 0 Å². The Hall–Kier alpha value is -0.960. The average Bonchev–Trinajstić information content (AvgIpc) is 2.13. The quantitative estimate of drug-likeness (QED) is 0.313. The largest absolute Gasteiger partial charge is 0.870 e. The van der Waals surface area contributed by atoms with Gasteiger partial charge in [-0.2, -0.15) is 8.42 Å². The van der Waals surface area contributed by atoms with E-state index in [1.54, 1.807) is 0 Å². The van der Waals surface area contributed by atoms with Gasteiger partial charge in [0.15, 0.2) is 6.10 Å². The number of carbonyl (C=O) groups is 1. The zero-order chi connectivity index (χ0) is 14.6. The van der Waals surface area contributed by atoms with Gasteiger partial charge in [-0.05, 0) is 13.8 Å². The van der Waals surface area contributed by atoms with Gasteiger partial charge in [0.1, 0.15) is 12.3 Å². The molecule has 0 saturated heterocycles. The first-order chi connectivity index (χ1) is 7.97. The van der Waals surface area contributed by atoms with Gasteiger partial charge in [-0.3, -0.25) is 4.55 Å². The lowest BCUT2D eigenvalue weighted by atomic mass is 10.3. The Bertz CT molecular complexity index is 415. The summed E-state index contributed by atoms with van der Waals surface area (Å²) in [5, 5.41) is 0. The fourth-order valence-electron chi connectivity index (χ4n) is 1.29. The predicted molar refractivity (Wildman–Crippen MR) is 70.6 cm³/mol. The zero-order valence-corrected chi connectivity index (χ0v) is 12.6. The summed E-state index contributed by atoms with van der Waals surface area (Å²) >= 11 is 0. The number of quaternary nitrogens is 1. The van der Waals surface area contributed by atoms with Crippen LogP contribution >= 0.6 is 0 Å². The van der Waals surface area contributed by atoms with Crippen molar-refractivity contribution in [3.63, 3.8) is 0 Å². The number of likely N-dealkylation sites (N-methyl/N-ethyl adjacent to an activating group) is 1. The number of hydrogen-bond acceptors (Lipinski definition) is 5. The smallest absolute Gasteiger partial charge is 0.333 e. The van der Waals surface area contributed by atoms with E-state index >= 15 is 0 Å². The molecule has 19 heavy (non-hydrogen) atoms. The van der Waals surface area contributed by atoms with E-state index in [1.165, 1.54) is 6.92 Å². The molecule has 0 heterocycles. The minimum absolute atomic E-state index is 0. The standard InChI is InChI=1S/C11H21NO5S.H2O/c1-6-12(4,5)7-10(8-18(14,15)16)17-11(13)9(2)3;/h10H,2,6-8H2,1,3-5H3;1H2. The van der Waals surface area contributed by atoms with Crippen LogP contribution in [-0.2, 0) is 19.6 Å². The molecule has 1 atom stereocenters. The van der Waals surface area contributed by atoms with Crippen molar-refractivity contribution in [1.29, 1.82) is 0 Å². The van der Waals surface area contributed by atoms with E-state index in [2.05, 4.69) is 6.58 Å². The molecule has 2 N–H and O–H groups in total. The molecule has 0 radical (unpaired) electrons. The number of nitrogens with zero attached hydrogens (tertiary/aromatic N) is 1. The van der Waals surface area contributed by atoms with Crippen LogP contribution in [0.4, 0.5) is 0 Å². The highest BCUT2D eigenvalue weighted by Crippen LogP contribution is 2.08. The van der Waals surface area contributed by atoms with Crippen LogP contribution in [0.3, 0.4) is 0 Å². The lowest BCUT2D eigenvalue weighted by molar-refractivity contribution is -0.891. The van der Waals surface area contributed by atoms with Crippen LogP contribution in [0.1, 0.15) is 13.8 Å². The van der Waals surface area contributed by atoms with Crippen molar-refractivity contribution >= 4 is 16.1 Å².